The summed E-state index contributed by atoms with van der Waals surface area (Å²) in [5.74, 6) is 0.884. The van der Waals surface area contributed by atoms with Crippen LogP contribution >= 0.6 is 24.0 Å². The fraction of sp³-hybridized carbons (Fsp3) is 0.917. The SMILES string of the molecule is CCN(CCNC(=NC)NC(C)C)C(C)C.I. The number of hydrogen-bond donors (Lipinski definition) is 2. The molecule has 0 radical (unpaired) electrons. The Hall–Kier alpha value is -0.0400. The molecule has 0 saturated heterocycles. The molecule has 0 aromatic heterocycles. The predicted molar refractivity (Wildman–Crippen MR) is 87.4 cm³/mol. The van der Waals surface area contributed by atoms with E-state index < -0.39 is 0 Å². The summed E-state index contributed by atoms with van der Waals surface area (Å²) < 4.78 is 0. The summed E-state index contributed by atoms with van der Waals surface area (Å²) >= 11 is 0. The lowest BCUT2D eigenvalue weighted by Crippen LogP contribution is -2.45. The van der Waals surface area contributed by atoms with E-state index in [4.69, 9.17) is 0 Å². The van der Waals surface area contributed by atoms with Crippen molar-refractivity contribution in [2.24, 2.45) is 4.99 Å². The molecule has 0 spiro atoms. The first-order chi connectivity index (χ1) is 7.51. The maximum Gasteiger partial charge on any atom is 0.191 e. The Labute approximate surface area is 124 Å². The van der Waals surface area contributed by atoms with Crippen molar-refractivity contribution in [2.45, 2.75) is 46.7 Å². The van der Waals surface area contributed by atoms with Crippen LogP contribution in [0.15, 0.2) is 4.99 Å². The first-order valence-electron chi connectivity index (χ1n) is 6.22. The van der Waals surface area contributed by atoms with Crippen molar-refractivity contribution >= 4 is 29.9 Å². The first kappa shape index (κ1) is 19.3. The van der Waals surface area contributed by atoms with Crippen molar-refractivity contribution in [3.8, 4) is 0 Å². The molecule has 0 bridgehead atoms. The number of aliphatic imine (C=N–C) groups is 1. The highest BCUT2D eigenvalue weighted by Crippen LogP contribution is 1.95. The zero-order valence-corrected chi connectivity index (χ0v) is 14.4. The van der Waals surface area contributed by atoms with Crippen LogP contribution in [0, 0.1) is 0 Å². The summed E-state index contributed by atoms with van der Waals surface area (Å²) in [6, 6.07) is 1.02. The molecule has 0 unspecified atom stereocenters. The van der Waals surface area contributed by atoms with E-state index in [9.17, 15) is 0 Å². The number of hydrogen-bond acceptors (Lipinski definition) is 2. The summed E-state index contributed by atoms with van der Waals surface area (Å²) in [6.07, 6.45) is 0. The molecule has 0 heterocycles. The molecule has 2 N–H and O–H groups in total. The molecule has 0 aliphatic carbocycles. The third-order valence-corrected chi connectivity index (χ3v) is 2.48. The molecule has 4 nitrogen and oxygen atoms in total. The van der Waals surface area contributed by atoms with Crippen LogP contribution in [-0.2, 0) is 0 Å². The maximum atomic E-state index is 4.17. The van der Waals surface area contributed by atoms with Gasteiger partial charge in [0.25, 0.3) is 0 Å². The second kappa shape index (κ2) is 11.1. The van der Waals surface area contributed by atoms with Gasteiger partial charge in [-0.1, -0.05) is 6.92 Å². The highest BCUT2D eigenvalue weighted by molar-refractivity contribution is 14.0. The van der Waals surface area contributed by atoms with Gasteiger partial charge < -0.3 is 10.6 Å². The van der Waals surface area contributed by atoms with Crippen LogP contribution in [-0.4, -0.2) is 49.6 Å². The van der Waals surface area contributed by atoms with Gasteiger partial charge in [-0.3, -0.25) is 9.89 Å². The number of halogens is 1. The maximum absolute atomic E-state index is 4.17. The van der Waals surface area contributed by atoms with Gasteiger partial charge in [-0.05, 0) is 34.2 Å². The third kappa shape index (κ3) is 9.64. The molecule has 0 amide bonds. The summed E-state index contributed by atoms with van der Waals surface area (Å²) in [6.45, 7) is 13.9. The monoisotopic (exact) mass is 356 g/mol. The lowest BCUT2D eigenvalue weighted by Gasteiger charge is -2.25. The molecular weight excluding hydrogens is 327 g/mol. The van der Waals surface area contributed by atoms with Crippen molar-refractivity contribution in [1.82, 2.24) is 15.5 Å². The molecule has 0 rings (SSSR count). The van der Waals surface area contributed by atoms with E-state index in [2.05, 4.69) is 55.1 Å². The average molecular weight is 356 g/mol. The van der Waals surface area contributed by atoms with Crippen molar-refractivity contribution in [1.29, 1.82) is 0 Å². The quantitative estimate of drug-likeness (QED) is 0.434. The van der Waals surface area contributed by atoms with Gasteiger partial charge in [-0.15, -0.1) is 24.0 Å². The first-order valence-corrected chi connectivity index (χ1v) is 6.22. The van der Waals surface area contributed by atoms with Crippen LogP contribution in [0.3, 0.4) is 0 Å². The second-order valence-electron chi connectivity index (χ2n) is 4.52. The number of rotatable bonds is 6. The van der Waals surface area contributed by atoms with Crippen LogP contribution in [0.2, 0.25) is 0 Å². The van der Waals surface area contributed by atoms with Crippen LogP contribution in [0.5, 0.6) is 0 Å². The lowest BCUT2D eigenvalue weighted by atomic mass is 10.3. The number of guanidine groups is 1. The van der Waals surface area contributed by atoms with Gasteiger partial charge in [0.2, 0.25) is 0 Å². The van der Waals surface area contributed by atoms with Crippen molar-refractivity contribution in [2.75, 3.05) is 26.7 Å². The molecule has 5 heteroatoms. The summed E-state index contributed by atoms with van der Waals surface area (Å²) in [5, 5.41) is 6.59. The molecule has 104 valence electrons. The molecule has 0 atom stereocenters. The van der Waals surface area contributed by atoms with Gasteiger partial charge in [0.15, 0.2) is 5.96 Å². The van der Waals surface area contributed by atoms with Gasteiger partial charge in [0.05, 0.1) is 0 Å². The second-order valence-corrected chi connectivity index (χ2v) is 4.52. The Bertz CT molecular complexity index is 205. The molecule has 0 saturated carbocycles. The largest absolute Gasteiger partial charge is 0.355 e. The summed E-state index contributed by atoms with van der Waals surface area (Å²) in [7, 11) is 1.80. The summed E-state index contributed by atoms with van der Waals surface area (Å²) in [5.41, 5.74) is 0. The zero-order valence-electron chi connectivity index (χ0n) is 12.1. The van der Waals surface area contributed by atoms with Crippen LogP contribution < -0.4 is 10.6 Å². The van der Waals surface area contributed by atoms with Gasteiger partial charge >= 0.3 is 0 Å². The molecule has 17 heavy (non-hydrogen) atoms. The molecule has 0 aromatic carbocycles. The molecular formula is C12H29IN4. The number of nitrogens with zero attached hydrogens (tertiary/aromatic N) is 2. The Balaban J connectivity index is 0. The Morgan fingerprint density at radius 2 is 1.82 bits per heavy atom. The summed E-state index contributed by atoms with van der Waals surface area (Å²) in [4.78, 5) is 6.60. The van der Waals surface area contributed by atoms with Gasteiger partial charge in [0, 0.05) is 32.2 Å². The van der Waals surface area contributed by atoms with E-state index in [0.717, 1.165) is 25.6 Å². The minimum absolute atomic E-state index is 0. The van der Waals surface area contributed by atoms with E-state index in [-0.39, 0.29) is 24.0 Å². The van der Waals surface area contributed by atoms with Crippen molar-refractivity contribution in [3.05, 3.63) is 0 Å². The number of nitrogens with one attached hydrogen (secondary N) is 2. The van der Waals surface area contributed by atoms with Crippen LogP contribution in [0.4, 0.5) is 0 Å². The van der Waals surface area contributed by atoms with E-state index in [0.29, 0.717) is 12.1 Å². The van der Waals surface area contributed by atoms with E-state index in [1.807, 2.05) is 0 Å². The standard InChI is InChI=1S/C12H28N4.HI/c1-7-16(11(4)5)9-8-14-12(13-6)15-10(2)3;/h10-11H,7-9H2,1-6H3,(H2,13,14,15);1H. The van der Waals surface area contributed by atoms with Crippen LogP contribution in [0.25, 0.3) is 0 Å². The van der Waals surface area contributed by atoms with Gasteiger partial charge in [0.1, 0.15) is 0 Å². The predicted octanol–water partition coefficient (Wildman–Crippen LogP) is 1.91. The number of likely N-dealkylation sites (N-methyl/N-ethyl adjacent to an activating group) is 1. The smallest absolute Gasteiger partial charge is 0.191 e. The highest BCUT2D eigenvalue weighted by Gasteiger charge is 2.06. The van der Waals surface area contributed by atoms with E-state index in [1.54, 1.807) is 7.05 Å². The Kier molecular flexibility index (Phi) is 12.6. The molecule has 0 aromatic rings. The minimum Gasteiger partial charge on any atom is -0.355 e. The van der Waals surface area contributed by atoms with Gasteiger partial charge in [-0.2, -0.15) is 0 Å². The highest BCUT2D eigenvalue weighted by atomic mass is 127. The Morgan fingerprint density at radius 3 is 2.18 bits per heavy atom. The zero-order chi connectivity index (χ0) is 12.6. The molecule has 0 fully saturated rings. The van der Waals surface area contributed by atoms with Gasteiger partial charge in [-0.25, -0.2) is 0 Å². The van der Waals surface area contributed by atoms with E-state index >= 15 is 0 Å². The molecule has 0 aliphatic heterocycles. The lowest BCUT2D eigenvalue weighted by molar-refractivity contribution is 0.237. The Morgan fingerprint density at radius 1 is 1.24 bits per heavy atom. The fourth-order valence-electron chi connectivity index (χ4n) is 1.57. The topological polar surface area (TPSA) is 39.7 Å². The molecule has 0 aliphatic rings. The average Bonchev–Trinajstić information content (AvgIpc) is 2.21. The van der Waals surface area contributed by atoms with Crippen LogP contribution in [0.1, 0.15) is 34.6 Å². The normalized spacial score (nSPS) is 11.9. The van der Waals surface area contributed by atoms with E-state index in [1.165, 1.54) is 0 Å². The fourth-order valence-corrected chi connectivity index (χ4v) is 1.57. The van der Waals surface area contributed by atoms with Crippen molar-refractivity contribution < 1.29 is 0 Å². The van der Waals surface area contributed by atoms with Crippen molar-refractivity contribution in [3.63, 3.8) is 0 Å². The third-order valence-electron chi connectivity index (χ3n) is 2.48. The minimum atomic E-state index is 0.